The van der Waals surface area contributed by atoms with E-state index >= 15 is 0 Å². The van der Waals surface area contributed by atoms with Gasteiger partial charge in [-0.2, -0.15) is 0 Å². The molecule has 28 heavy (non-hydrogen) atoms. The Morgan fingerprint density at radius 2 is 1.89 bits per heavy atom. The fourth-order valence-corrected chi connectivity index (χ4v) is 2.99. The summed E-state index contributed by atoms with van der Waals surface area (Å²) < 4.78 is 3.16. The number of nitrogens with one attached hydrogen (secondary N) is 1. The van der Waals surface area contributed by atoms with Gasteiger partial charge in [0.1, 0.15) is 6.54 Å². The van der Waals surface area contributed by atoms with E-state index in [-0.39, 0.29) is 24.1 Å². The zero-order valence-electron chi connectivity index (χ0n) is 15.2. The van der Waals surface area contributed by atoms with Crippen LogP contribution < -0.4 is 10.9 Å². The van der Waals surface area contributed by atoms with Crippen LogP contribution in [0.5, 0.6) is 0 Å². The first-order valence-corrected chi connectivity index (χ1v) is 8.83. The number of benzene rings is 1. The summed E-state index contributed by atoms with van der Waals surface area (Å²) in [6.07, 6.45) is 4.66. The van der Waals surface area contributed by atoms with E-state index in [1.165, 1.54) is 10.8 Å². The number of aromatic nitrogens is 5. The molecule has 0 spiro atoms. The summed E-state index contributed by atoms with van der Waals surface area (Å²) >= 11 is 0. The molecule has 0 fully saturated rings. The SMILES string of the molecule is CC(NC(=O)Cn1cc(-c2ccccc2)ncc1=O)c1nnc2ccccn12. The van der Waals surface area contributed by atoms with Gasteiger partial charge in [-0.15, -0.1) is 10.2 Å². The lowest BCUT2D eigenvalue weighted by Crippen LogP contribution is -2.34. The summed E-state index contributed by atoms with van der Waals surface area (Å²) in [7, 11) is 0. The molecule has 1 aromatic carbocycles. The van der Waals surface area contributed by atoms with Gasteiger partial charge in [0, 0.05) is 18.0 Å². The fourth-order valence-electron chi connectivity index (χ4n) is 2.99. The number of hydrogen-bond acceptors (Lipinski definition) is 5. The van der Waals surface area contributed by atoms with Crippen molar-refractivity contribution >= 4 is 11.6 Å². The van der Waals surface area contributed by atoms with Gasteiger partial charge in [0.2, 0.25) is 5.91 Å². The van der Waals surface area contributed by atoms with Crippen molar-refractivity contribution in [1.82, 2.24) is 29.5 Å². The lowest BCUT2D eigenvalue weighted by atomic mass is 10.2. The van der Waals surface area contributed by atoms with Crippen LogP contribution in [-0.2, 0) is 11.3 Å². The average Bonchev–Trinajstić information content (AvgIpc) is 3.14. The average molecular weight is 374 g/mol. The number of pyridine rings is 1. The maximum Gasteiger partial charge on any atom is 0.269 e. The van der Waals surface area contributed by atoms with Gasteiger partial charge in [-0.3, -0.25) is 14.0 Å². The van der Waals surface area contributed by atoms with Gasteiger partial charge in [0.05, 0.1) is 17.9 Å². The molecule has 0 aliphatic carbocycles. The van der Waals surface area contributed by atoms with Crippen LogP contribution >= 0.6 is 0 Å². The Kier molecular flexibility index (Phi) is 4.67. The normalized spacial score (nSPS) is 12.0. The topological polar surface area (TPSA) is 94.2 Å². The monoisotopic (exact) mass is 374 g/mol. The third-order valence-electron chi connectivity index (χ3n) is 4.36. The van der Waals surface area contributed by atoms with Crippen molar-refractivity contribution in [3.05, 3.63) is 83.3 Å². The summed E-state index contributed by atoms with van der Waals surface area (Å²) in [5.74, 6) is 0.323. The van der Waals surface area contributed by atoms with Crippen LogP contribution in [0.1, 0.15) is 18.8 Å². The van der Waals surface area contributed by atoms with E-state index in [4.69, 9.17) is 0 Å². The molecule has 8 heteroatoms. The maximum atomic E-state index is 12.5. The lowest BCUT2D eigenvalue weighted by Gasteiger charge is -2.13. The van der Waals surface area contributed by atoms with Gasteiger partial charge in [-0.05, 0) is 19.1 Å². The molecule has 140 valence electrons. The first kappa shape index (κ1) is 17.6. The molecule has 0 bridgehead atoms. The Labute approximate surface area is 160 Å². The molecule has 0 saturated carbocycles. The summed E-state index contributed by atoms with van der Waals surface area (Å²) in [4.78, 5) is 28.8. The predicted octanol–water partition coefficient (Wildman–Crippen LogP) is 1.83. The maximum absolute atomic E-state index is 12.5. The molecule has 4 aromatic rings. The van der Waals surface area contributed by atoms with Crippen LogP contribution in [-0.4, -0.2) is 30.1 Å². The van der Waals surface area contributed by atoms with Gasteiger partial charge < -0.3 is 9.88 Å². The molecular weight excluding hydrogens is 356 g/mol. The second kappa shape index (κ2) is 7.43. The number of fused-ring (bicyclic) bond motifs is 1. The van der Waals surface area contributed by atoms with Crippen molar-refractivity contribution in [3.63, 3.8) is 0 Å². The highest BCUT2D eigenvalue weighted by molar-refractivity contribution is 5.76. The first-order chi connectivity index (χ1) is 13.6. The summed E-state index contributed by atoms with van der Waals surface area (Å²) in [5, 5.41) is 11.1. The Balaban J connectivity index is 1.51. The highest BCUT2D eigenvalue weighted by Crippen LogP contribution is 2.14. The van der Waals surface area contributed by atoms with Gasteiger partial charge in [-0.1, -0.05) is 36.4 Å². The van der Waals surface area contributed by atoms with Gasteiger partial charge in [-0.25, -0.2) is 4.98 Å². The van der Waals surface area contributed by atoms with Crippen LogP contribution in [0.2, 0.25) is 0 Å². The van der Waals surface area contributed by atoms with Crippen molar-refractivity contribution in [3.8, 4) is 11.3 Å². The van der Waals surface area contributed by atoms with Crippen molar-refractivity contribution < 1.29 is 4.79 Å². The Morgan fingerprint density at radius 1 is 1.11 bits per heavy atom. The minimum atomic E-state index is -0.365. The van der Waals surface area contributed by atoms with E-state index in [0.717, 1.165) is 5.56 Å². The predicted molar refractivity (Wildman–Crippen MR) is 103 cm³/mol. The van der Waals surface area contributed by atoms with Crippen molar-refractivity contribution in [1.29, 1.82) is 0 Å². The van der Waals surface area contributed by atoms with Crippen LogP contribution in [0, 0.1) is 0 Å². The second-order valence-electron chi connectivity index (χ2n) is 6.38. The molecule has 3 aromatic heterocycles. The number of rotatable bonds is 5. The van der Waals surface area contributed by atoms with E-state index in [2.05, 4.69) is 20.5 Å². The fraction of sp³-hybridized carbons (Fsp3) is 0.150. The molecule has 1 amide bonds. The summed E-state index contributed by atoms with van der Waals surface area (Å²) in [5.41, 5.74) is 1.87. The number of carbonyl (C=O) groups is 1. The minimum absolute atomic E-state index is 0.109. The van der Waals surface area contributed by atoms with Gasteiger partial charge in [0.15, 0.2) is 11.5 Å². The highest BCUT2D eigenvalue weighted by atomic mass is 16.2. The van der Waals surface area contributed by atoms with Crippen LogP contribution in [0.25, 0.3) is 16.9 Å². The molecule has 0 radical (unpaired) electrons. The smallest absolute Gasteiger partial charge is 0.269 e. The van der Waals surface area contributed by atoms with Crippen molar-refractivity contribution in [2.75, 3.05) is 0 Å². The Morgan fingerprint density at radius 3 is 2.71 bits per heavy atom. The second-order valence-corrected chi connectivity index (χ2v) is 6.38. The molecule has 0 saturated heterocycles. The molecular formula is C20H18N6O2. The standard InChI is InChI=1S/C20H18N6O2/c1-14(20-24-23-17-9-5-6-10-26(17)20)22-18(27)13-25-12-16(21-11-19(25)28)15-7-3-2-4-8-15/h2-12,14H,13H2,1H3,(H,22,27). The van der Waals surface area contributed by atoms with Crippen LogP contribution in [0.4, 0.5) is 0 Å². The third-order valence-corrected chi connectivity index (χ3v) is 4.36. The van der Waals surface area contributed by atoms with E-state index in [1.807, 2.05) is 66.1 Å². The Bertz CT molecular complexity index is 1180. The molecule has 1 atom stereocenters. The van der Waals surface area contributed by atoms with Crippen LogP contribution in [0.3, 0.4) is 0 Å². The quantitative estimate of drug-likeness (QED) is 0.575. The van der Waals surface area contributed by atoms with Crippen LogP contribution in [0.15, 0.2) is 71.9 Å². The molecule has 0 aliphatic rings. The zero-order valence-corrected chi connectivity index (χ0v) is 15.2. The molecule has 8 nitrogen and oxygen atoms in total. The van der Waals surface area contributed by atoms with Crippen molar-refractivity contribution in [2.24, 2.45) is 0 Å². The molecule has 0 aliphatic heterocycles. The van der Waals surface area contributed by atoms with Gasteiger partial charge >= 0.3 is 0 Å². The minimum Gasteiger partial charge on any atom is -0.345 e. The molecule has 3 heterocycles. The molecule has 1 N–H and O–H groups in total. The van der Waals surface area contributed by atoms with E-state index in [0.29, 0.717) is 17.2 Å². The van der Waals surface area contributed by atoms with E-state index < -0.39 is 0 Å². The molecule has 4 rings (SSSR count). The number of carbonyl (C=O) groups excluding carboxylic acids is 1. The molecule has 1 unspecified atom stereocenters. The van der Waals surface area contributed by atoms with Gasteiger partial charge in [0.25, 0.3) is 5.56 Å². The van der Waals surface area contributed by atoms with E-state index in [9.17, 15) is 9.59 Å². The highest BCUT2D eigenvalue weighted by Gasteiger charge is 2.16. The van der Waals surface area contributed by atoms with E-state index in [1.54, 1.807) is 6.20 Å². The Hall–Kier alpha value is -3.81. The van der Waals surface area contributed by atoms with Crippen molar-refractivity contribution in [2.45, 2.75) is 19.5 Å². The largest absolute Gasteiger partial charge is 0.345 e. The number of hydrogen-bond donors (Lipinski definition) is 1. The summed E-state index contributed by atoms with van der Waals surface area (Å²) in [6.45, 7) is 1.72. The number of amides is 1. The third kappa shape index (κ3) is 3.52. The number of nitrogens with zero attached hydrogens (tertiary/aromatic N) is 5. The lowest BCUT2D eigenvalue weighted by molar-refractivity contribution is -0.122. The summed E-state index contributed by atoms with van der Waals surface area (Å²) in [6, 6.07) is 14.7. The zero-order chi connectivity index (χ0) is 19.5. The first-order valence-electron chi connectivity index (χ1n) is 8.83.